The highest BCUT2D eigenvalue weighted by atomic mass is 32.1. The molecule has 0 aliphatic carbocycles. The standard InChI is InChI=1S/C11H14N6S/c1-11(2,3)7-6-8(12)14-15-9(6)17(16-7)10-13-4-5-18-10/h4-5H,1-3H3,(H3,12,14,15). The van der Waals surface area contributed by atoms with Gasteiger partial charge in [-0.3, -0.25) is 5.10 Å². The molecule has 0 saturated heterocycles. The summed E-state index contributed by atoms with van der Waals surface area (Å²) in [4.78, 5) is 4.27. The molecule has 0 aromatic carbocycles. The predicted molar refractivity (Wildman–Crippen MR) is 72.0 cm³/mol. The Morgan fingerprint density at radius 1 is 1.39 bits per heavy atom. The Kier molecular flexibility index (Phi) is 2.21. The van der Waals surface area contributed by atoms with Crippen molar-refractivity contribution < 1.29 is 0 Å². The maximum Gasteiger partial charge on any atom is 0.212 e. The number of nitrogens with zero attached hydrogens (tertiary/aromatic N) is 4. The predicted octanol–water partition coefficient (Wildman–Crippen LogP) is 2.08. The molecule has 0 fully saturated rings. The molecule has 3 aromatic heterocycles. The maximum atomic E-state index is 5.95. The summed E-state index contributed by atoms with van der Waals surface area (Å²) in [7, 11) is 0. The van der Waals surface area contributed by atoms with Crippen LogP contribution in [0.2, 0.25) is 0 Å². The Bertz CT molecular complexity index is 685. The number of H-pyrrole nitrogens is 1. The number of rotatable bonds is 1. The second-order valence-electron chi connectivity index (χ2n) is 5.16. The number of fused-ring (bicyclic) bond motifs is 1. The van der Waals surface area contributed by atoms with Gasteiger partial charge in [-0.2, -0.15) is 14.9 Å². The first-order valence-corrected chi connectivity index (χ1v) is 6.49. The van der Waals surface area contributed by atoms with Crippen molar-refractivity contribution >= 4 is 28.2 Å². The highest BCUT2D eigenvalue weighted by molar-refractivity contribution is 7.12. The van der Waals surface area contributed by atoms with Crippen LogP contribution in [0.15, 0.2) is 11.6 Å². The average molecular weight is 262 g/mol. The lowest BCUT2D eigenvalue weighted by Crippen LogP contribution is -2.13. The van der Waals surface area contributed by atoms with Gasteiger partial charge in [0.05, 0.1) is 11.1 Å². The molecule has 18 heavy (non-hydrogen) atoms. The molecule has 94 valence electrons. The lowest BCUT2D eigenvalue weighted by molar-refractivity contribution is 0.564. The number of nitrogens with one attached hydrogen (secondary N) is 1. The van der Waals surface area contributed by atoms with Crippen molar-refractivity contribution in [2.75, 3.05) is 5.73 Å². The van der Waals surface area contributed by atoms with Crippen LogP contribution in [0.4, 0.5) is 5.82 Å². The monoisotopic (exact) mass is 262 g/mol. The molecule has 0 aliphatic rings. The Morgan fingerprint density at radius 2 is 2.17 bits per heavy atom. The lowest BCUT2D eigenvalue weighted by atomic mass is 9.91. The van der Waals surface area contributed by atoms with Crippen molar-refractivity contribution in [2.24, 2.45) is 0 Å². The third kappa shape index (κ3) is 1.51. The van der Waals surface area contributed by atoms with Crippen LogP contribution in [-0.4, -0.2) is 25.0 Å². The summed E-state index contributed by atoms with van der Waals surface area (Å²) >= 11 is 1.52. The molecule has 0 saturated carbocycles. The Hall–Kier alpha value is -1.89. The van der Waals surface area contributed by atoms with Crippen LogP contribution >= 0.6 is 11.3 Å². The third-order valence-corrected chi connectivity index (χ3v) is 3.47. The molecule has 0 amide bonds. The summed E-state index contributed by atoms with van der Waals surface area (Å²) < 4.78 is 1.74. The second kappa shape index (κ2) is 3.55. The first-order valence-electron chi connectivity index (χ1n) is 5.61. The zero-order chi connectivity index (χ0) is 12.9. The molecule has 0 bridgehead atoms. The van der Waals surface area contributed by atoms with E-state index in [0.29, 0.717) is 5.82 Å². The Balaban J connectivity index is 2.36. The van der Waals surface area contributed by atoms with E-state index < -0.39 is 0 Å². The average Bonchev–Trinajstić information content (AvgIpc) is 2.94. The van der Waals surface area contributed by atoms with E-state index in [1.165, 1.54) is 11.3 Å². The summed E-state index contributed by atoms with van der Waals surface area (Å²) in [6.45, 7) is 6.31. The number of nitrogen functional groups attached to an aromatic ring is 1. The number of nitrogens with two attached hydrogens (primary N) is 1. The highest BCUT2D eigenvalue weighted by Crippen LogP contribution is 2.33. The van der Waals surface area contributed by atoms with E-state index in [-0.39, 0.29) is 5.41 Å². The fourth-order valence-electron chi connectivity index (χ4n) is 1.91. The van der Waals surface area contributed by atoms with Crippen LogP contribution < -0.4 is 5.73 Å². The highest BCUT2D eigenvalue weighted by Gasteiger charge is 2.26. The molecule has 3 heterocycles. The first-order chi connectivity index (χ1) is 8.48. The van der Waals surface area contributed by atoms with E-state index in [0.717, 1.165) is 21.9 Å². The minimum absolute atomic E-state index is 0.0985. The van der Waals surface area contributed by atoms with E-state index in [1.54, 1.807) is 10.9 Å². The van der Waals surface area contributed by atoms with Crippen LogP contribution in [0.1, 0.15) is 26.5 Å². The SMILES string of the molecule is CC(C)(C)c1nn(-c2nccs2)c2n[nH]c(N)c12. The van der Waals surface area contributed by atoms with Gasteiger partial charge in [-0.1, -0.05) is 20.8 Å². The molecule has 0 aliphatic heterocycles. The molecule has 3 aromatic rings. The molecule has 0 spiro atoms. The smallest absolute Gasteiger partial charge is 0.212 e. The fraction of sp³-hybridized carbons (Fsp3) is 0.364. The van der Waals surface area contributed by atoms with E-state index in [2.05, 4.69) is 41.1 Å². The molecule has 0 unspecified atom stereocenters. The van der Waals surface area contributed by atoms with Gasteiger partial charge in [-0.05, 0) is 0 Å². The first kappa shape index (κ1) is 11.2. The normalized spacial score (nSPS) is 12.4. The third-order valence-electron chi connectivity index (χ3n) is 2.72. The molecule has 6 nitrogen and oxygen atoms in total. The van der Waals surface area contributed by atoms with Crippen molar-refractivity contribution in [3.63, 3.8) is 0 Å². The van der Waals surface area contributed by atoms with Gasteiger partial charge in [0.25, 0.3) is 0 Å². The molecule has 3 N–H and O–H groups in total. The molecule has 3 rings (SSSR count). The van der Waals surface area contributed by atoms with Crippen molar-refractivity contribution in [2.45, 2.75) is 26.2 Å². The maximum absolute atomic E-state index is 5.95. The zero-order valence-corrected chi connectivity index (χ0v) is 11.2. The van der Waals surface area contributed by atoms with Crippen molar-refractivity contribution in [3.05, 3.63) is 17.3 Å². The van der Waals surface area contributed by atoms with Crippen LogP contribution in [0.5, 0.6) is 0 Å². The van der Waals surface area contributed by atoms with E-state index in [9.17, 15) is 0 Å². The fourth-order valence-corrected chi connectivity index (χ4v) is 2.50. The molecular formula is C11H14N6S. The number of hydrogen-bond donors (Lipinski definition) is 2. The molecule has 0 radical (unpaired) electrons. The number of anilines is 1. The minimum atomic E-state index is -0.0985. The van der Waals surface area contributed by atoms with Gasteiger partial charge >= 0.3 is 0 Å². The summed E-state index contributed by atoms with van der Waals surface area (Å²) in [6, 6.07) is 0. The topological polar surface area (TPSA) is 85.4 Å². The van der Waals surface area contributed by atoms with Gasteiger partial charge in [0.2, 0.25) is 5.13 Å². The van der Waals surface area contributed by atoms with Gasteiger partial charge in [0.15, 0.2) is 5.65 Å². The van der Waals surface area contributed by atoms with E-state index in [1.807, 2.05) is 5.38 Å². The summed E-state index contributed by atoms with van der Waals surface area (Å²) in [6.07, 6.45) is 1.75. The second-order valence-corrected chi connectivity index (χ2v) is 6.03. The zero-order valence-electron chi connectivity index (χ0n) is 10.4. The van der Waals surface area contributed by atoms with Crippen LogP contribution in [-0.2, 0) is 5.41 Å². The van der Waals surface area contributed by atoms with Gasteiger partial charge < -0.3 is 5.73 Å². The lowest BCUT2D eigenvalue weighted by Gasteiger charge is -2.15. The largest absolute Gasteiger partial charge is 0.383 e. The van der Waals surface area contributed by atoms with Gasteiger partial charge in [0, 0.05) is 17.0 Å². The summed E-state index contributed by atoms with van der Waals surface area (Å²) in [5.41, 5.74) is 7.51. The van der Waals surface area contributed by atoms with Crippen molar-refractivity contribution in [1.29, 1.82) is 0 Å². The Morgan fingerprint density at radius 3 is 2.78 bits per heavy atom. The quantitative estimate of drug-likeness (QED) is 0.703. The van der Waals surface area contributed by atoms with Gasteiger partial charge in [-0.15, -0.1) is 11.3 Å². The number of hydrogen-bond acceptors (Lipinski definition) is 5. The number of aromatic amines is 1. The number of aromatic nitrogens is 5. The van der Waals surface area contributed by atoms with Crippen LogP contribution in [0.3, 0.4) is 0 Å². The minimum Gasteiger partial charge on any atom is -0.383 e. The van der Waals surface area contributed by atoms with Crippen molar-refractivity contribution in [3.8, 4) is 5.13 Å². The van der Waals surface area contributed by atoms with E-state index >= 15 is 0 Å². The Labute approximate surface area is 108 Å². The van der Waals surface area contributed by atoms with Gasteiger partial charge in [0.1, 0.15) is 5.82 Å². The van der Waals surface area contributed by atoms with Crippen molar-refractivity contribution in [1.82, 2.24) is 25.0 Å². The summed E-state index contributed by atoms with van der Waals surface area (Å²) in [5.74, 6) is 0.553. The van der Waals surface area contributed by atoms with Crippen LogP contribution in [0.25, 0.3) is 16.2 Å². The van der Waals surface area contributed by atoms with E-state index in [4.69, 9.17) is 5.73 Å². The molecule has 0 atom stereocenters. The van der Waals surface area contributed by atoms with Gasteiger partial charge in [-0.25, -0.2) is 4.98 Å². The number of thiazole rings is 1. The molecule has 7 heteroatoms. The summed E-state index contributed by atoms with van der Waals surface area (Å²) in [5, 5.41) is 15.3. The van der Waals surface area contributed by atoms with Crippen LogP contribution in [0, 0.1) is 0 Å². The molecular weight excluding hydrogens is 248 g/mol.